The average molecular weight is 482 g/mol. The van der Waals surface area contributed by atoms with Gasteiger partial charge in [0.25, 0.3) is 0 Å². The molecule has 2 aromatic rings. The largest absolute Gasteiger partial charge is 0.490 e. The van der Waals surface area contributed by atoms with Gasteiger partial charge in [-0.05, 0) is 37.3 Å². The summed E-state index contributed by atoms with van der Waals surface area (Å²) in [5.74, 6) is -0.815. The van der Waals surface area contributed by atoms with Gasteiger partial charge in [0.15, 0.2) is 5.82 Å². The highest BCUT2D eigenvalue weighted by atomic mass is 19.4. The Balaban J connectivity index is 0.000000344. The monoisotopic (exact) mass is 482 g/mol. The lowest BCUT2D eigenvalue weighted by molar-refractivity contribution is -0.192. The molecule has 0 bridgehead atoms. The smallest absolute Gasteiger partial charge is 0.475 e. The first-order valence-electron chi connectivity index (χ1n) is 11.2. The number of halogens is 4. The van der Waals surface area contributed by atoms with Crippen molar-refractivity contribution in [1.82, 2.24) is 14.9 Å². The molecule has 1 atom stereocenters. The number of anilines is 1. The molecular formula is C23H26F4N4O3. The summed E-state index contributed by atoms with van der Waals surface area (Å²) in [4.78, 5) is 21.0. The van der Waals surface area contributed by atoms with Crippen LogP contribution in [0.4, 0.5) is 23.4 Å². The van der Waals surface area contributed by atoms with Gasteiger partial charge >= 0.3 is 12.1 Å². The third-order valence-corrected chi connectivity index (χ3v) is 5.92. The molecule has 1 unspecified atom stereocenters. The number of aliphatic carboxylic acids is 1. The van der Waals surface area contributed by atoms with Crippen molar-refractivity contribution in [2.75, 3.05) is 31.6 Å². The molecule has 0 radical (unpaired) electrons. The van der Waals surface area contributed by atoms with Crippen LogP contribution in [0.5, 0.6) is 0 Å². The zero-order valence-electron chi connectivity index (χ0n) is 18.4. The Hall–Kier alpha value is -2.79. The lowest BCUT2D eigenvalue weighted by Crippen LogP contribution is -2.36. The van der Waals surface area contributed by atoms with Gasteiger partial charge in [-0.3, -0.25) is 4.90 Å². The first-order valence-corrected chi connectivity index (χ1v) is 11.2. The van der Waals surface area contributed by atoms with Crippen molar-refractivity contribution in [1.29, 1.82) is 0 Å². The molecule has 1 aliphatic carbocycles. The number of ether oxygens (including phenoxy) is 1. The molecule has 2 aliphatic heterocycles. The molecule has 7 nitrogen and oxygen atoms in total. The van der Waals surface area contributed by atoms with Gasteiger partial charge in [-0.25, -0.2) is 19.2 Å². The molecule has 1 aromatic heterocycles. The van der Waals surface area contributed by atoms with Gasteiger partial charge in [0.1, 0.15) is 11.6 Å². The molecule has 11 heteroatoms. The first kappa shape index (κ1) is 24.3. The molecule has 34 heavy (non-hydrogen) atoms. The van der Waals surface area contributed by atoms with Gasteiger partial charge in [0.2, 0.25) is 0 Å². The van der Waals surface area contributed by atoms with Crippen molar-refractivity contribution in [3.05, 3.63) is 41.3 Å². The fourth-order valence-corrected chi connectivity index (χ4v) is 4.02. The summed E-state index contributed by atoms with van der Waals surface area (Å²) in [5, 5.41) is 10.7. The second-order valence-electron chi connectivity index (χ2n) is 8.77. The molecule has 3 aliphatic rings. The molecule has 0 spiro atoms. The van der Waals surface area contributed by atoms with E-state index in [-0.39, 0.29) is 5.82 Å². The first-order chi connectivity index (χ1) is 16.2. The SMILES string of the molecule is Fc1cccc(-c2nc3c(c(NC4CC4)n2)CN(CC2CCOC2)CC3)c1.O=C(O)C(F)(F)F. The number of carboxylic acids is 1. The Kier molecular flexibility index (Phi) is 7.32. The molecular weight excluding hydrogens is 456 g/mol. The van der Waals surface area contributed by atoms with Crippen molar-refractivity contribution >= 4 is 11.8 Å². The summed E-state index contributed by atoms with van der Waals surface area (Å²) >= 11 is 0. The standard InChI is InChI=1S/C21H25FN4O.C2HF3O2/c22-16-3-1-2-15(10-16)20-24-19-6-8-26(11-14-7-9-27-13-14)12-18(19)21(25-20)23-17-4-5-17;3-2(4,5)1(6)7/h1-3,10,14,17H,4-9,11-13H2,(H,23,24,25);(H,6,7). The van der Waals surface area contributed by atoms with Gasteiger partial charge in [-0.15, -0.1) is 0 Å². The predicted octanol–water partition coefficient (Wildman–Crippen LogP) is 3.88. The number of hydrogen-bond acceptors (Lipinski definition) is 6. The summed E-state index contributed by atoms with van der Waals surface area (Å²) in [5.41, 5.74) is 3.06. The zero-order chi connectivity index (χ0) is 24.3. The highest BCUT2D eigenvalue weighted by Crippen LogP contribution is 2.32. The van der Waals surface area contributed by atoms with E-state index in [9.17, 15) is 17.6 Å². The summed E-state index contributed by atoms with van der Waals surface area (Å²) in [6.07, 6.45) is -0.632. The average Bonchev–Trinajstić information content (AvgIpc) is 3.46. The van der Waals surface area contributed by atoms with Crippen LogP contribution in [-0.4, -0.2) is 64.5 Å². The molecule has 3 heterocycles. The van der Waals surface area contributed by atoms with E-state index < -0.39 is 12.1 Å². The quantitative estimate of drug-likeness (QED) is 0.626. The minimum Gasteiger partial charge on any atom is -0.475 e. The fraction of sp³-hybridized carbons (Fsp3) is 0.522. The second-order valence-corrected chi connectivity index (χ2v) is 8.77. The van der Waals surface area contributed by atoms with E-state index in [1.807, 2.05) is 6.07 Å². The minimum atomic E-state index is -5.08. The Morgan fingerprint density at radius 1 is 1.24 bits per heavy atom. The van der Waals surface area contributed by atoms with E-state index >= 15 is 0 Å². The van der Waals surface area contributed by atoms with Gasteiger partial charge in [-0.2, -0.15) is 13.2 Å². The van der Waals surface area contributed by atoms with Crippen LogP contribution in [0.2, 0.25) is 0 Å². The molecule has 1 saturated heterocycles. The van der Waals surface area contributed by atoms with E-state index in [2.05, 4.69) is 10.2 Å². The van der Waals surface area contributed by atoms with Gasteiger partial charge in [0.05, 0.1) is 12.3 Å². The number of rotatable bonds is 5. The summed E-state index contributed by atoms with van der Waals surface area (Å²) < 4.78 is 50.9. The highest BCUT2D eigenvalue weighted by molar-refractivity contribution is 5.73. The Labute approximate surface area is 194 Å². The Morgan fingerprint density at radius 3 is 2.62 bits per heavy atom. The van der Waals surface area contributed by atoms with E-state index in [1.54, 1.807) is 6.07 Å². The number of aromatic nitrogens is 2. The van der Waals surface area contributed by atoms with Gasteiger partial charge < -0.3 is 15.2 Å². The topological polar surface area (TPSA) is 87.6 Å². The number of nitrogens with zero attached hydrogens (tertiary/aromatic N) is 3. The molecule has 0 amide bonds. The van der Waals surface area contributed by atoms with Crippen molar-refractivity contribution in [2.24, 2.45) is 5.92 Å². The lowest BCUT2D eigenvalue weighted by atomic mass is 10.0. The van der Waals surface area contributed by atoms with E-state index in [0.29, 0.717) is 17.8 Å². The number of fused-ring (bicyclic) bond motifs is 1. The number of alkyl halides is 3. The second kappa shape index (κ2) is 10.2. The van der Waals surface area contributed by atoms with E-state index in [4.69, 9.17) is 24.6 Å². The maximum atomic E-state index is 13.7. The van der Waals surface area contributed by atoms with Crippen LogP contribution in [0, 0.1) is 11.7 Å². The van der Waals surface area contributed by atoms with Crippen LogP contribution >= 0.6 is 0 Å². The zero-order valence-corrected chi connectivity index (χ0v) is 18.4. The number of hydrogen-bond donors (Lipinski definition) is 2. The normalized spacial score (nSPS) is 20.3. The third-order valence-electron chi connectivity index (χ3n) is 5.92. The number of nitrogens with one attached hydrogen (secondary N) is 1. The Bertz CT molecular complexity index is 1020. The predicted molar refractivity (Wildman–Crippen MR) is 116 cm³/mol. The van der Waals surface area contributed by atoms with Gasteiger partial charge in [0, 0.05) is 49.8 Å². The maximum absolute atomic E-state index is 13.7. The van der Waals surface area contributed by atoms with Gasteiger partial charge in [-0.1, -0.05) is 12.1 Å². The third kappa shape index (κ3) is 6.41. The molecule has 2 N–H and O–H groups in total. The summed E-state index contributed by atoms with van der Waals surface area (Å²) in [6.45, 7) is 4.74. The molecule has 2 fully saturated rings. The van der Waals surface area contributed by atoms with Crippen molar-refractivity contribution in [2.45, 2.75) is 44.4 Å². The van der Waals surface area contributed by atoms with Crippen LogP contribution in [0.1, 0.15) is 30.5 Å². The van der Waals surface area contributed by atoms with Crippen molar-refractivity contribution in [3.63, 3.8) is 0 Å². The molecule has 1 saturated carbocycles. The van der Waals surface area contributed by atoms with Crippen molar-refractivity contribution in [3.8, 4) is 11.4 Å². The molecule has 5 rings (SSSR count). The molecule has 1 aromatic carbocycles. The summed E-state index contributed by atoms with van der Waals surface area (Å²) in [6, 6.07) is 7.07. The van der Waals surface area contributed by atoms with Crippen LogP contribution in [0.25, 0.3) is 11.4 Å². The van der Waals surface area contributed by atoms with Crippen molar-refractivity contribution < 1.29 is 32.2 Å². The minimum absolute atomic E-state index is 0.254. The van der Waals surface area contributed by atoms with Crippen LogP contribution in [0.15, 0.2) is 24.3 Å². The highest BCUT2D eigenvalue weighted by Gasteiger charge is 2.38. The Morgan fingerprint density at radius 2 is 2.00 bits per heavy atom. The maximum Gasteiger partial charge on any atom is 0.490 e. The number of carbonyl (C=O) groups is 1. The molecule has 184 valence electrons. The van der Waals surface area contributed by atoms with E-state index in [0.717, 1.165) is 62.8 Å². The number of carboxylic acid groups (broad SMARTS) is 1. The van der Waals surface area contributed by atoms with E-state index in [1.165, 1.54) is 30.5 Å². The fourth-order valence-electron chi connectivity index (χ4n) is 4.02. The summed E-state index contributed by atoms with van der Waals surface area (Å²) in [7, 11) is 0. The number of benzene rings is 1. The van der Waals surface area contributed by atoms with Crippen LogP contribution in [-0.2, 0) is 22.5 Å². The van der Waals surface area contributed by atoms with Crippen LogP contribution < -0.4 is 5.32 Å². The van der Waals surface area contributed by atoms with Crippen LogP contribution in [0.3, 0.4) is 0 Å². The lowest BCUT2D eigenvalue weighted by Gasteiger charge is -2.31.